The lowest BCUT2D eigenvalue weighted by Gasteiger charge is -2.19. The molecule has 3 heteroatoms. The molecule has 3 nitrogen and oxygen atoms in total. The molecule has 4 aromatic rings. The van der Waals surface area contributed by atoms with Crippen molar-refractivity contribution >= 4 is 21.8 Å². The highest BCUT2D eigenvalue weighted by Gasteiger charge is 2.21. The van der Waals surface area contributed by atoms with Gasteiger partial charge in [0.05, 0.1) is 22.2 Å². The van der Waals surface area contributed by atoms with Crippen LogP contribution in [0.3, 0.4) is 0 Å². The third kappa shape index (κ3) is 3.47. The predicted octanol–water partition coefficient (Wildman–Crippen LogP) is 7.12. The third-order valence-corrected chi connectivity index (χ3v) is 6.00. The first-order chi connectivity index (χ1) is 14.5. The molecule has 0 saturated carbocycles. The number of fused-ring (bicyclic) bond motifs is 3. The summed E-state index contributed by atoms with van der Waals surface area (Å²) in [6.07, 6.45) is 0. The molecule has 31 heavy (non-hydrogen) atoms. The van der Waals surface area contributed by atoms with Crippen LogP contribution in [0.4, 0.5) is 0 Å². The number of benzene rings is 3. The molecule has 0 N–H and O–H groups in total. The number of nitrogens with zero attached hydrogens (tertiary/aromatic N) is 3. The van der Waals surface area contributed by atoms with Gasteiger partial charge in [0.2, 0.25) is 0 Å². The van der Waals surface area contributed by atoms with E-state index in [0.717, 1.165) is 16.7 Å². The van der Waals surface area contributed by atoms with Gasteiger partial charge in [-0.15, -0.1) is 0 Å². The Morgan fingerprint density at radius 1 is 0.613 bits per heavy atom. The molecule has 0 radical (unpaired) electrons. The van der Waals surface area contributed by atoms with Crippen molar-refractivity contribution in [1.82, 2.24) is 4.57 Å². The van der Waals surface area contributed by atoms with Crippen molar-refractivity contribution in [2.75, 3.05) is 0 Å². The van der Waals surface area contributed by atoms with Gasteiger partial charge in [0, 0.05) is 16.5 Å². The van der Waals surface area contributed by atoms with Crippen molar-refractivity contribution in [1.29, 1.82) is 10.5 Å². The number of nitriles is 2. The Balaban J connectivity index is 2.12. The quantitative estimate of drug-likeness (QED) is 0.338. The Hall–Kier alpha value is -3.56. The van der Waals surface area contributed by atoms with E-state index in [1.807, 2.05) is 12.1 Å². The number of rotatable bonds is 1. The minimum atomic E-state index is 0.0483. The van der Waals surface area contributed by atoms with Gasteiger partial charge < -0.3 is 4.57 Å². The molecule has 0 amide bonds. The molecule has 0 saturated heterocycles. The first-order valence-corrected chi connectivity index (χ1v) is 10.6. The van der Waals surface area contributed by atoms with Gasteiger partial charge >= 0.3 is 0 Å². The van der Waals surface area contributed by atoms with E-state index in [4.69, 9.17) is 0 Å². The van der Waals surface area contributed by atoms with Gasteiger partial charge in [-0.05, 0) is 64.4 Å². The highest BCUT2D eigenvalue weighted by molar-refractivity contribution is 6.09. The molecule has 0 aliphatic carbocycles. The molecule has 154 valence electrons. The van der Waals surface area contributed by atoms with Crippen LogP contribution >= 0.6 is 0 Å². The maximum Gasteiger partial charge on any atom is 0.101 e. The van der Waals surface area contributed by atoms with Crippen LogP contribution in [0, 0.1) is 22.7 Å². The maximum atomic E-state index is 9.54. The van der Waals surface area contributed by atoms with Crippen molar-refractivity contribution in [3.63, 3.8) is 0 Å². The highest BCUT2D eigenvalue weighted by Crippen LogP contribution is 2.37. The number of hydrogen-bond acceptors (Lipinski definition) is 2. The Kier molecular flexibility index (Phi) is 4.68. The topological polar surface area (TPSA) is 52.5 Å². The summed E-state index contributed by atoms with van der Waals surface area (Å²) < 4.78 is 2.20. The molecule has 0 aliphatic rings. The molecule has 0 spiro atoms. The summed E-state index contributed by atoms with van der Waals surface area (Å²) in [6.45, 7) is 13.4. The van der Waals surface area contributed by atoms with Crippen molar-refractivity contribution < 1.29 is 0 Å². The Morgan fingerprint density at radius 2 is 1.10 bits per heavy atom. The van der Waals surface area contributed by atoms with E-state index in [2.05, 4.69) is 94.6 Å². The Bertz CT molecular complexity index is 1340. The van der Waals surface area contributed by atoms with Crippen LogP contribution in [0.5, 0.6) is 0 Å². The highest BCUT2D eigenvalue weighted by atomic mass is 15.0. The lowest BCUT2D eigenvalue weighted by atomic mass is 9.85. The van der Waals surface area contributed by atoms with Gasteiger partial charge in [0.25, 0.3) is 0 Å². The second-order valence-electron chi connectivity index (χ2n) is 10.3. The number of hydrogen-bond donors (Lipinski definition) is 0. The summed E-state index contributed by atoms with van der Waals surface area (Å²) in [4.78, 5) is 0. The standard InChI is InChI=1S/C28H27N3/c1-27(2,3)20-8-11-25-23(14-20)24-15-21(28(4,5)6)9-12-26(24)31(25)22-10-7-18(16-29)19(13-22)17-30/h7-15H,1-6H3. The van der Waals surface area contributed by atoms with E-state index in [-0.39, 0.29) is 10.8 Å². The lowest BCUT2D eigenvalue weighted by Crippen LogP contribution is -2.10. The molecule has 0 aliphatic heterocycles. The largest absolute Gasteiger partial charge is 0.309 e. The summed E-state index contributed by atoms with van der Waals surface area (Å²) in [7, 11) is 0. The second-order valence-corrected chi connectivity index (χ2v) is 10.3. The number of aromatic nitrogens is 1. The lowest BCUT2D eigenvalue weighted by molar-refractivity contribution is 0.590. The summed E-state index contributed by atoms with van der Waals surface area (Å²) >= 11 is 0. The molecule has 0 atom stereocenters. The average molecular weight is 406 g/mol. The van der Waals surface area contributed by atoms with Crippen molar-refractivity contribution in [2.24, 2.45) is 0 Å². The molecule has 4 rings (SSSR count). The maximum absolute atomic E-state index is 9.54. The minimum Gasteiger partial charge on any atom is -0.309 e. The van der Waals surface area contributed by atoms with E-state index in [1.165, 1.54) is 21.9 Å². The fraction of sp³-hybridized carbons (Fsp3) is 0.286. The van der Waals surface area contributed by atoms with Crippen LogP contribution in [-0.4, -0.2) is 4.57 Å². The van der Waals surface area contributed by atoms with Crippen molar-refractivity contribution in [3.05, 3.63) is 76.9 Å². The summed E-state index contributed by atoms with van der Waals surface area (Å²) in [5.74, 6) is 0. The summed E-state index contributed by atoms with van der Waals surface area (Å²) in [6, 6.07) is 23.1. The SMILES string of the molecule is CC(C)(C)c1ccc2c(c1)c1cc(C(C)(C)C)ccc1n2-c1ccc(C#N)c(C#N)c1. The molecule has 0 unspecified atom stereocenters. The molecule has 0 bridgehead atoms. The van der Waals surface area contributed by atoms with Crippen LogP contribution in [0.25, 0.3) is 27.5 Å². The van der Waals surface area contributed by atoms with Gasteiger partial charge in [-0.1, -0.05) is 53.7 Å². The normalized spacial score (nSPS) is 12.1. The van der Waals surface area contributed by atoms with E-state index < -0.39 is 0 Å². The Morgan fingerprint density at radius 3 is 1.52 bits per heavy atom. The van der Waals surface area contributed by atoms with Gasteiger partial charge in [0.15, 0.2) is 0 Å². The van der Waals surface area contributed by atoms with Crippen molar-refractivity contribution in [3.8, 4) is 17.8 Å². The molecule has 1 heterocycles. The van der Waals surface area contributed by atoms with Gasteiger partial charge in [-0.2, -0.15) is 10.5 Å². The zero-order valence-electron chi connectivity index (χ0n) is 19.0. The van der Waals surface area contributed by atoms with Crippen LogP contribution in [0.15, 0.2) is 54.6 Å². The third-order valence-electron chi connectivity index (χ3n) is 6.00. The zero-order chi connectivity index (χ0) is 22.6. The summed E-state index contributed by atoms with van der Waals surface area (Å²) in [5, 5.41) is 21.3. The monoisotopic (exact) mass is 405 g/mol. The van der Waals surface area contributed by atoms with E-state index >= 15 is 0 Å². The molecular formula is C28H27N3. The predicted molar refractivity (Wildman–Crippen MR) is 128 cm³/mol. The van der Waals surface area contributed by atoms with E-state index in [1.54, 1.807) is 6.07 Å². The minimum absolute atomic E-state index is 0.0483. The van der Waals surface area contributed by atoms with Crippen LogP contribution in [0.2, 0.25) is 0 Å². The van der Waals surface area contributed by atoms with E-state index in [9.17, 15) is 10.5 Å². The second kappa shape index (κ2) is 7.00. The first kappa shape index (κ1) is 20.7. The molecule has 3 aromatic carbocycles. The van der Waals surface area contributed by atoms with Gasteiger partial charge in [-0.25, -0.2) is 0 Å². The molecule has 1 aromatic heterocycles. The van der Waals surface area contributed by atoms with Gasteiger partial charge in [0.1, 0.15) is 12.1 Å². The van der Waals surface area contributed by atoms with Crippen LogP contribution in [-0.2, 0) is 10.8 Å². The molecular weight excluding hydrogens is 378 g/mol. The van der Waals surface area contributed by atoms with Crippen LogP contribution in [0.1, 0.15) is 63.8 Å². The fourth-order valence-corrected chi connectivity index (χ4v) is 4.10. The van der Waals surface area contributed by atoms with Crippen molar-refractivity contribution in [2.45, 2.75) is 52.4 Å². The van der Waals surface area contributed by atoms with E-state index in [0.29, 0.717) is 11.1 Å². The van der Waals surface area contributed by atoms with Crippen LogP contribution < -0.4 is 0 Å². The summed E-state index contributed by atoms with van der Waals surface area (Å²) in [5.41, 5.74) is 6.56. The smallest absolute Gasteiger partial charge is 0.101 e. The first-order valence-electron chi connectivity index (χ1n) is 10.6. The fourth-order valence-electron chi connectivity index (χ4n) is 4.10. The average Bonchev–Trinajstić information content (AvgIpc) is 3.05. The molecule has 0 fully saturated rings. The van der Waals surface area contributed by atoms with Gasteiger partial charge in [-0.3, -0.25) is 0 Å². The zero-order valence-corrected chi connectivity index (χ0v) is 19.0. The Labute approximate surface area is 184 Å².